The molecule has 0 spiro atoms. The van der Waals surface area contributed by atoms with Gasteiger partial charge in [-0.15, -0.1) is 0 Å². The summed E-state index contributed by atoms with van der Waals surface area (Å²) in [5.74, 6) is -1.68. The molecule has 0 bridgehead atoms. The Morgan fingerprint density at radius 3 is 2.43 bits per heavy atom. The number of hydrogen-bond acceptors (Lipinski definition) is 3. The summed E-state index contributed by atoms with van der Waals surface area (Å²) in [6.45, 7) is 1.74. The van der Waals surface area contributed by atoms with Crippen LogP contribution in [0.3, 0.4) is 0 Å². The van der Waals surface area contributed by atoms with Crippen LogP contribution in [0.4, 0.5) is 0 Å². The summed E-state index contributed by atoms with van der Waals surface area (Å²) in [6, 6.07) is 14.5. The molecule has 1 amide bonds. The lowest BCUT2D eigenvalue weighted by molar-refractivity contribution is -0.139. The number of pyridine rings is 1. The molecule has 1 atom stereocenters. The van der Waals surface area contributed by atoms with E-state index >= 15 is 0 Å². The number of aryl methyl sites for hydroxylation is 2. The fourth-order valence-corrected chi connectivity index (χ4v) is 3.53. The third-order valence-corrected chi connectivity index (χ3v) is 5.20. The maximum absolute atomic E-state index is 12.6. The summed E-state index contributed by atoms with van der Waals surface area (Å²) in [5, 5.41) is 12.4. The van der Waals surface area contributed by atoms with Crippen molar-refractivity contribution in [3.05, 3.63) is 92.9 Å². The van der Waals surface area contributed by atoms with Gasteiger partial charge in [0.2, 0.25) is 0 Å². The van der Waals surface area contributed by atoms with Crippen molar-refractivity contribution in [3.8, 4) is 11.1 Å². The molecule has 2 N–H and O–H groups in total. The van der Waals surface area contributed by atoms with E-state index in [0.717, 1.165) is 11.1 Å². The number of benzene rings is 2. The van der Waals surface area contributed by atoms with Crippen molar-refractivity contribution in [3.63, 3.8) is 0 Å². The van der Waals surface area contributed by atoms with Crippen molar-refractivity contribution in [2.24, 2.45) is 7.05 Å². The standard InChI is InChI=1S/C23H21ClN2O4/c1-14-5-3-7-18(24)20(14)21(27)25-19(23(29)30)13-15-8-10-16(11-9-15)17-6-4-12-26(2)22(17)28/h3-12,19H,13H2,1-2H3,(H,25,27)(H,29,30)/t19-/m0/s1. The average molecular weight is 425 g/mol. The van der Waals surface area contributed by atoms with Gasteiger partial charge in [0.1, 0.15) is 6.04 Å². The third-order valence-electron chi connectivity index (χ3n) is 4.88. The molecule has 1 heterocycles. The Hall–Kier alpha value is -3.38. The van der Waals surface area contributed by atoms with E-state index in [-0.39, 0.29) is 22.6 Å². The first kappa shape index (κ1) is 21.3. The fourth-order valence-electron chi connectivity index (χ4n) is 3.22. The Labute approximate surface area is 178 Å². The van der Waals surface area contributed by atoms with Crippen LogP contribution in [-0.4, -0.2) is 27.6 Å². The third kappa shape index (κ3) is 4.60. The van der Waals surface area contributed by atoms with Crippen LogP contribution in [0.5, 0.6) is 0 Å². The monoisotopic (exact) mass is 424 g/mol. The van der Waals surface area contributed by atoms with E-state index in [1.807, 2.05) is 0 Å². The Morgan fingerprint density at radius 2 is 1.80 bits per heavy atom. The van der Waals surface area contributed by atoms with Crippen LogP contribution >= 0.6 is 11.6 Å². The number of nitrogens with one attached hydrogen (secondary N) is 1. The lowest BCUT2D eigenvalue weighted by Crippen LogP contribution is -2.42. The molecule has 2 aromatic carbocycles. The van der Waals surface area contributed by atoms with Gasteiger partial charge < -0.3 is 15.0 Å². The van der Waals surface area contributed by atoms with Crippen molar-refractivity contribution in [1.82, 2.24) is 9.88 Å². The lowest BCUT2D eigenvalue weighted by Gasteiger charge is -2.16. The summed E-state index contributed by atoms with van der Waals surface area (Å²) < 4.78 is 1.50. The highest BCUT2D eigenvalue weighted by Gasteiger charge is 2.23. The number of hydrogen-bond donors (Lipinski definition) is 2. The van der Waals surface area contributed by atoms with Crippen LogP contribution < -0.4 is 10.9 Å². The molecular weight excluding hydrogens is 404 g/mol. The minimum atomic E-state index is -1.14. The summed E-state index contributed by atoms with van der Waals surface area (Å²) in [7, 11) is 1.68. The van der Waals surface area contributed by atoms with Gasteiger partial charge in [0, 0.05) is 25.2 Å². The molecule has 0 aliphatic carbocycles. The van der Waals surface area contributed by atoms with Crippen molar-refractivity contribution in [2.75, 3.05) is 0 Å². The molecule has 1 aromatic heterocycles. The van der Waals surface area contributed by atoms with E-state index in [2.05, 4.69) is 5.32 Å². The number of nitrogens with zero attached hydrogens (tertiary/aromatic N) is 1. The molecule has 0 saturated carbocycles. The molecule has 0 aliphatic heterocycles. The Kier molecular flexibility index (Phi) is 6.37. The van der Waals surface area contributed by atoms with Gasteiger partial charge in [0.05, 0.1) is 10.6 Å². The van der Waals surface area contributed by atoms with Gasteiger partial charge in [0.15, 0.2) is 0 Å². The van der Waals surface area contributed by atoms with E-state index in [4.69, 9.17) is 11.6 Å². The van der Waals surface area contributed by atoms with Gasteiger partial charge >= 0.3 is 5.97 Å². The quantitative estimate of drug-likeness (QED) is 0.634. The first-order valence-corrected chi connectivity index (χ1v) is 9.69. The first-order chi connectivity index (χ1) is 14.3. The number of carboxylic acid groups (broad SMARTS) is 1. The van der Waals surface area contributed by atoms with Crippen molar-refractivity contribution >= 4 is 23.5 Å². The number of rotatable bonds is 6. The fraction of sp³-hybridized carbons (Fsp3) is 0.174. The minimum absolute atomic E-state index is 0.0949. The first-order valence-electron chi connectivity index (χ1n) is 9.31. The van der Waals surface area contributed by atoms with E-state index in [0.29, 0.717) is 11.1 Å². The molecule has 6 nitrogen and oxygen atoms in total. The van der Waals surface area contributed by atoms with E-state index in [1.54, 1.807) is 74.8 Å². The minimum Gasteiger partial charge on any atom is -0.480 e. The molecule has 0 aliphatic rings. The average Bonchev–Trinajstić information content (AvgIpc) is 2.70. The van der Waals surface area contributed by atoms with Gasteiger partial charge in [-0.25, -0.2) is 4.79 Å². The highest BCUT2D eigenvalue weighted by atomic mass is 35.5. The van der Waals surface area contributed by atoms with Crippen LogP contribution in [0.25, 0.3) is 11.1 Å². The van der Waals surface area contributed by atoms with Gasteiger partial charge in [-0.05, 0) is 41.8 Å². The van der Waals surface area contributed by atoms with E-state index in [1.165, 1.54) is 4.57 Å². The molecular formula is C23H21ClN2O4. The van der Waals surface area contributed by atoms with Crippen LogP contribution in [-0.2, 0) is 18.3 Å². The number of carbonyl (C=O) groups excluding carboxylic acids is 1. The molecule has 0 fully saturated rings. The molecule has 154 valence electrons. The number of aromatic nitrogens is 1. The van der Waals surface area contributed by atoms with Crippen LogP contribution in [0.15, 0.2) is 65.6 Å². The van der Waals surface area contributed by atoms with Crippen LogP contribution in [0, 0.1) is 6.92 Å². The largest absolute Gasteiger partial charge is 0.480 e. The number of carboxylic acids is 1. The summed E-state index contributed by atoms with van der Waals surface area (Å²) in [4.78, 5) is 36.6. The van der Waals surface area contributed by atoms with Crippen LogP contribution in [0.1, 0.15) is 21.5 Å². The second-order valence-corrected chi connectivity index (χ2v) is 7.44. The summed E-state index contributed by atoms with van der Waals surface area (Å²) >= 11 is 6.11. The predicted octanol–water partition coefficient (Wildman–Crippen LogP) is 3.44. The SMILES string of the molecule is Cc1cccc(Cl)c1C(=O)N[C@@H](Cc1ccc(-c2cccn(C)c2=O)cc1)C(=O)O. The second kappa shape index (κ2) is 8.97. The number of aliphatic carboxylic acids is 1. The maximum atomic E-state index is 12.6. The maximum Gasteiger partial charge on any atom is 0.326 e. The second-order valence-electron chi connectivity index (χ2n) is 7.03. The highest BCUT2D eigenvalue weighted by molar-refractivity contribution is 6.34. The number of halogens is 1. The zero-order valence-corrected chi connectivity index (χ0v) is 17.3. The van der Waals surface area contributed by atoms with Crippen molar-refractivity contribution in [2.45, 2.75) is 19.4 Å². The summed E-state index contributed by atoms with van der Waals surface area (Å²) in [6.07, 6.45) is 1.78. The Bertz CT molecular complexity index is 1130. The topological polar surface area (TPSA) is 88.4 Å². The number of carbonyl (C=O) groups is 2. The van der Waals surface area contributed by atoms with Crippen LogP contribution in [0.2, 0.25) is 5.02 Å². The van der Waals surface area contributed by atoms with Gasteiger partial charge in [-0.1, -0.05) is 48.0 Å². The summed E-state index contributed by atoms with van der Waals surface area (Å²) in [5.41, 5.74) is 2.83. The predicted molar refractivity (Wildman–Crippen MR) is 116 cm³/mol. The molecule has 3 aromatic rings. The van der Waals surface area contributed by atoms with Gasteiger partial charge in [-0.2, -0.15) is 0 Å². The zero-order valence-electron chi connectivity index (χ0n) is 16.6. The molecule has 0 radical (unpaired) electrons. The van der Waals surface area contributed by atoms with Gasteiger partial charge in [0.25, 0.3) is 11.5 Å². The number of amides is 1. The zero-order chi connectivity index (χ0) is 21.8. The van der Waals surface area contributed by atoms with E-state index < -0.39 is 17.9 Å². The Morgan fingerprint density at radius 1 is 1.10 bits per heavy atom. The van der Waals surface area contributed by atoms with Crippen molar-refractivity contribution in [1.29, 1.82) is 0 Å². The molecule has 30 heavy (non-hydrogen) atoms. The Balaban J connectivity index is 1.79. The lowest BCUT2D eigenvalue weighted by atomic mass is 10.0. The normalized spacial score (nSPS) is 11.7. The van der Waals surface area contributed by atoms with Crippen molar-refractivity contribution < 1.29 is 14.7 Å². The molecule has 7 heteroatoms. The highest BCUT2D eigenvalue weighted by Crippen LogP contribution is 2.20. The van der Waals surface area contributed by atoms with Gasteiger partial charge in [-0.3, -0.25) is 9.59 Å². The molecule has 0 saturated heterocycles. The molecule has 3 rings (SSSR count). The molecule has 0 unspecified atom stereocenters. The van der Waals surface area contributed by atoms with E-state index in [9.17, 15) is 19.5 Å². The smallest absolute Gasteiger partial charge is 0.326 e.